The Bertz CT molecular complexity index is 344. The van der Waals surface area contributed by atoms with Crippen LogP contribution in [-0.4, -0.2) is 66.8 Å². The first-order valence-corrected chi connectivity index (χ1v) is 7.72. The highest BCUT2D eigenvalue weighted by Gasteiger charge is 2.40. The molecular formula is C15H29N3O2. The number of likely N-dealkylation sites (tertiary alicyclic amines) is 1. The van der Waals surface area contributed by atoms with Crippen LogP contribution in [0.15, 0.2) is 0 Å². The summed E-state index contributed by atoms with van der Waals surface area (Å²) in [6.45, 7) is 10.6. The minimum absolute atomic E-state index is 0.170. The Morgan fingerprint density at radius 1 is 1.20 bits per heavy atom. The summed E-state index contributed by atoms with van der Waals surface area (Å²) in [6, 6.07) is 0. The topological polar surface area (TPSA) is 44.8 Å². The second-order valence-corrected chi connectivity index (χ2v) is 7.14. The molecule has 0 atom stereocenters. The van der Waals surface area contributed by atoms with Crippen molar-refractivity contribution < 1.29 is 9.53 Å². The van der Waals surface area contributed by atoms with Crippen LogP contribution >= 0.6 is 0 Å². The maximum Gasteiger partial charge on any atom is 0.410 e. The lowest BCUT2D eigenvalue weighted by Gasteiger charge is -2.46. The van der Waals surface area contributed by atoms with Crippen LogP contribution < -0.4 is 5.32 Å². The number of nitrogens with one attached hydrogen (secondary N) is 1. The number of amides is 1. The van der Waals surface area contributed by atoms with Crippen molar-refractivity contribution in [1.29, 1.82) is 0 Å². The number of rotatable bonds is 0. The van der Waals surface area contributed by atoms with Gasteiger partial charge in [0, 0.05) is 25.2 Å². The van der Waals surface area contributed by atoms with E-state index in [9.17, 15) is 4.79 Å². The molecule has 1 spiro atoms. The maximum atomic E-state index is 12.1. The van der Waals surface area contributed by atoms with Gasteiger partial charge in [-0.2, -0.15) is 0 Å². The molecule has 1 N–H and O–H groups in total. The van der Waals surface area contributed by atoms with Crippen LogP contribution in [0.4, 0.5) is 4.79 Å². The number of likely N-dealkylation sites (N-methyl/N-ethyl adjacent to an activating group) is 1. The molecule has 0 bridgehead atoms. The van der Waals surface area contributed by atoms with Gasteiger partial charge >= 0.3 is 6.09 Å². The lowest BCUT2D eigenvalue weighted by Crippen LogP contribution is -2.58. The number of piperidine rings is 1. The molecule has 2 saturated heterocycles. The number of hydrogen-bond acceptors (Lipinski definition) is 4. The minimum atomic E-state index is -0.410. The molecule has 0 aromatic rings. The second kappa shape index (κ2) is 5.90. The lowest BCUT2D eigenvalue weighted by atomic mass is 9.86. The molecule has 0 aromatic carbocycles. The summed E-state index contributed by atoms with van der Waals surface area (Å²) >= 11 is 0. The van der Waals surface area contributed by atoms with E-state index in [-0.39, 0.29) is 11.6 Å². The standard InChI is InChI=1S/C15H29N3O2/c1-14(2,3)20-13(19)18-10-6-15(7-11-18)12-16-8-5-9-17(15)4/h16H,5-12H2,1-4H3. The van der Waals surface area contributed by atoms with E-state index in [0.717, 1.165) is 45.6 Å². The predicted octanol–water partition coefficient (Wildman–Crippen LogP) is 1.68. The molecule has 2 aliphatic heterocycles. The van der Waals surface area contributed by atoms with Crippen molar-refractivity contribution >= 4 is 6.09 Å². The first-order chi connectivity index (χ1) is 9.32. The Labute approximate surface area is 122 Å². The third kappa shape index (κ3) is 3.64. The van der Waals surface area contributed by atoms with E-state index in [1.807, 2.05) is 25.7 Å². The van der Waals surface area contributed by atoms with Gasteiger partial charge in [0.2, 0.25) is 0 Å². The summed E-state index contributed by atoms with van der Waals surface area (Å²) in [7, 11) is 2.22. The molecule has 1 amide bonds. The highest BCUT2D eigenvalue weighted by molar-refractivity contribution is 5.68. The minimum Gasteiger partial charge on any atom is -0.444 e. The Morgan fingerprint density at radius 3 is 2.45 bits per heavy atom. The first kappa shape index (κ1) is 15.6. The van der Waals surface area contributed by atoms with Gasteiger partial charge in [0.05, 0.1) is 0 Å². The van der Waals surface area contributed by atoms with Gasteiger partial charge in [0.15, 0.2) is 0 Å². The van der Waals surface area contributed by atoms with Crippen LogP contribution in [0.25, 0.3) is 0 Å². The Morgan fingerprint density at radius 2 is 1.85 bits per heavy atom. The Hall–Kier alpha value is -0.810. The Kier molecular flexibility index (Phi) is 4.59. The van der Waals surface area contributed by atoms with Gasteiger partial charge in [-0.15, -0.1) is 0 Å². The van der Waals surface area contributed by atoms with Crippen molar-refractivity contribution in [3.63, 3.8) is 0 Å². The second-order valence-electron chi connectivity index (χ2n) is 7.14. The lowest BCUT2D eigenvalue weighted by molar-refractivity contribution is 0.00154. The van der Waals surface area contributed by atoms with Crippen molar-refractivity contribution in [3.8, 4) is 0 Å². The smallest absolute Gasteiger partial charge is 0.410 e. The average molecular weight is 283 g/mol. The zero-order valence-electron chi connectivity index (χ0n) is 13.4. The van der Waals surface area contributed by atoms with Gasteiger partial charge < -0.3 is 15.0 Å². The fraction of sp³-hybridized carbons (Fsp3) is 0.933. The van der Waals surface area contributed by atoms with Crippen molar-refractivity contribution in [2.45, 2.75) is 51.2 Å². The quantitative estimate of drug-likeness (QED) is 0.735. The molecule has 2 fully saturated rings. The van der Waals surface area contributed by atoms with Gasteiger partial charge in [-0.05, 0) is 60.2 Å². The van der Waals surface area contributed by atoms with Gasteiger partial charge in [-0.25, -0.2) is 4.79 Å². The summed E-state index contributed by atoms with van der Waals surface area (Å²) in [6.07, 6.45) is 3.08. The summed E-state index contributed by atoms with van der Waals surface area (Å²) in [5.41, 5.74) is -0.193. The molecule has 0 aliphatic carbocycles. The molecule has 0 unspecified atom stereocenters. The van der Waals surface area contributed by atoms with Crippen LogP contribution in [0, 0.1) is 0 Å². The number of nitrogens with zero attached hydrogens (tertiary/aromatic N) is 2. The van der Waals surface area contributed by atoms with E-state index in [2.05, 4.69) is 17.3 Å². The zero-order valence-corrected chi connectivity index (χ0v) is 13.4. The van der Waals surface area contributed by atoms with E-state index in [4.69, 9.17) is 4.74 Å². The van der Waals surface area contributed by atoms with Crippen molar-refractivity contribution in [2.24, 2.45) is 0 Å². The molecule has 20 heavy (non-hydrogen) atoms. The molecule has 0 aromatic heterocycles. The molecule has 2 heterocycles. The third-order valence-electron chi connectivity index (χ3n) is 4.46. The highest BCUT2D eigenvalue weighted by Crippen LogP contribution is 2.29. The maximum absolute atomic E-state index is 12.1. The summed E-state index contributed by atoms with van der Waals surface area (Å²) in [5, 5.41) is 3.54. The SMILES string of the molecule is CN1CCCNCC12CCN(C(=O)OC(C)(C)C)CC2. The fourth-order valence-corrected chi connectivity index (χ4v) is 3.12. The molecular weight excluding hydrogens is 254 g/mol. The summed E-state index contributed by atoms with van der Waals surface area (Å²) in [5.74, 6) is 0. The van der Waals surface area contributed by atoms with E-state index >= 15 is 0 Å². The normalized spacial score (nSPS) is 24.5. The molecule has 0 saturated carbocycles. The van der Waals surface area contributed by atoms with Crippen molar-refractivity contribution in [1.82, 2.24) is 15.1 Å². The van der Waals surface area contributed by atoms with Crippen LogP contribution in [0.5, 0.6) is 0 Å². The highest BCUT2D eigenvalue weighted by atomic mass is 16.6. The van der Waals surface area contributed by atoms with Crippen molar-refractivity contribution in [3.05, 3.63) is 0 Å². The van der Waals surface area contributed by atoms with E-state index in [0.29, 0.717) is 0 Å². The number of hydrogen-bond donors (Lipinski definition) is 1. The number of ether oxygens (including phenoxy) is 1. The first-order valence-electron chi connectivity index (χ1n) is 7.72. The molecule has 2 aliphatic rings. The van der Waals surface area contributed by atoms with Gasteiger partial charge in [-0.1, -0.05) is 0 Å². The average Bonchev–Trinajstić information content (AvgIpc) is 2.52. The third-order valence-corrected chi connectivity index (χ3v) is 4.46. The fourth-order valence-electron chi connectivity index (χ4n) is 3.12. The van der Waals surface area contributed by atoms with Crippen molar-refractivity contribution in [2.75, 3.05) is 39.8 Å². The molecule has 0 radical (unpaired) electrons. The Balaban J connectivity index is 1.92. The van der Waals surface area contributed by atoms with Crippen LogP contribution in [-0.2, 0) is 4.74 Å². The monoisotopic (exact) mass is 283 g/mol. The largest absolute Gasteiger partial charge is 0.444 e. The van der Waals surface area contributed by atoms with E-state index in [1.165, 1.54) is 6.42 Å². The van der Waals surface area contributed by atoms with Crippen LogP contribution in [0.1, 0.15) is 40.0 Å². The van der Waals surface area contributed by atoms with E-state index < -0.39 is 5.60 Å². The predicted molar refractivity (Wildman–Crippen MR) is 79.9 cm³/mol. The van der Waals surface area contributed by atoms with Gasteiger partial charge in [0.25, 0.3) is 0 Å². The van der Waals surface area contributed by atoms with E-state index in [1.54, 1.807) is 0 Å². The molecule has 2 rings (SSSR count). The number of carbonyl (C=O) groups is 1. The van der Waals surface area contributed by atoms with Crippen LogP contribution in [0.2, 0.25) is 0 Å². The zero-order chi connectivity index (χ0) is 14.8. The summed E-state index contributed by atoms with van der Waals surface area (Å²) in [4.78, 5) is 16.5. The molecule has 5 nitrogen and oxygen atoms in total. The van der Waals surface area contributed by atoms with Crippen LogP contribution in [0.3, 0.4) is 0 Å². The van der Waals surface area contributed by atoms with Gasteiger partial charge in [0.1, 0.15) is 5.60 Å². The molecule has 5 heteroatoms. The molecule has 116 valence electrons. The van der Waals surface area contributed by atoms with Gasteiger partial charge in [-0.3, -0.25) is 4.90 Å². The number of carbonyl (C=O) groups excluding carboxylic acids is 1. The summed E-state index contributed by atoms with van der Waals surface area (Å²) < 4.78 is 5.46.